The van der Waals surface area contributed by atoms with Gasteiger partial charge in [0.15, 0.2) is 5.76 Å². The number of rotatable bonds is 4. The van der Waals surface area contributed by atoms with Crippen molar-refractivity contribution in [2.24, 2.45) is 5.92 Å². The zero-order chi connectivity index (χ0) is 16.2. The fourth-order valence-electron chi connectivity index (χ4n) is 2.57. The second-order valence-electron chi connectivity index (χ2n) is 5.30. The fourth-order valence-corrected chi connectivity index (χ4v) is 2.57. The Morgan fingerprint density at radius 1 is 1.39 bits per heavy atom. The number of furan rings is 1. The Hall–Kier alpha value is -2.71. The van der Waals surface area contributed by atoms with Crippen molar-refractivity contribution in [1.82, 2.24) is 25.1 Å². The fraction of sp³-hybridized carbons (Fsp3) is 0.500. The van der Waals surface area contributed by atoms with Crippen LogP contribution in [0.25, 0.3) is 11.6 Å². The number of carbonyl (C=O) groups is 2. The summed E-state index contributed by atoms with van der Waals surface area (Å²) in [5.74, 6) is 0.406. The number of aromatic nitrogens is 4. The van der Waals surface area contributed by atoms with Crippen LogP contribution in [0.5, 0.6) is 0 Å². The van der Waals surface area contributed by atoms with Crippen molar-refractivity contribution in [3.63, 3.8) is 0 Å². The summed E-state index contributed by atoms with van der Waals surface area (Å²) in [5, 5.41) is 11.8. The minimum Gasteiger partial charge on any atom is -0.469 e. The first-order chi connectivity index (χ1) is 11.2. The summed E-state index contributed by atoms with van der Waals surface area (Å²) in [6.45, 7) is 1.06. The van der Waals surface area contributed by atoms with Crippen molar-refractivity contribution >= 4 is 11.9 Å². The van der Waals surface area contributed by atoms with Gasteiger partial charge in [0, 0.05) is 13.1 Å². The number of ether oxygens (including phenoxy) is 1. The number of hydrogen-bond acceptors (Lipinski definition) is 7. The molecule has 2 aromatic heterocycles. The van der Waals surface area contributed by atoms with Gasteiger partial charge in [-0.25, -0.2) is 0 Å². The van der Waals surface area contributed by atoms with Gasteiger partial charge in [0.2, 0.25) is 11.7 Å². The molecule has 0 radical (unpaired) electrons. The van der Waals surface area contributed by atoms with E-state index in [4.69, 9.17) is 9.15 Å². The molecule has 0 aromatic carbocycles. The summed E-state index contributed by atoms with van der Waals surface area (Å²) in [6, 6.07) is 3.45. The molecule has 0 spiro atoms. The molecular formula is C14H17N5O4. The molecule has 1 aliphatic heterocycles. The van der Waals surface area contributed by atoms with Crippen LogP contribution >= 0.6 is 0 Å². The lowest BCUT2D eigenvalue weighted by Crippen LogP contribution is -2.42. The second-order valence-corrected chi connectivity index (χ2v) is 5.30. The molecule has 2 aromatic rings. The van der Waals surface area contributed by atoms with E-state index in [2.05, 4.69) is 15.4 Å². The predicted molar refractivity (Wildman–Crippen MR) is 76.8 cm³/mol. The second kappa shape index (κ2) is 6.59. The first kappa shape index (κ1) is 15.2. The average molecular weight is 319 g/mol. The zero-order valence-electron chi connectivity index (χ0n) is 12.7. The Morgan fingerprint density at radius 3 is 2.83 bits per heavy atom. The molecule has 0 aliphatic carbocycles. The van der Waals surface area contributed by atoms with Crippen LogP contribution in [0.15, 0.2) is 22.8 Å². The van der Waals surface area contributed by atoms with Crippen LogP contribution < -0.4 is 0 Å². The highest BCUT2D eigenvalue weighted by Crippen LogP contribution is 2.19. The summed E-state index contributed by atoms with van der Waals surface area (Å²) in [5.41, 5.74) is 0. The molecule has 1 saturated heterocycles. The van der Waals surface area contributed by atoms with Gasteiger partial charge in [0.05, 0.1) is 19.3 Å². The van der Waals surface area contributed by atoms with Crippen LogP contribution in [0.3, 0.4) is 0 Å². The van der Waals surface area contributed by atoms with Crippen molar-refractivity contribution in [3.8, 4) is 11.6 Å². The summed E-state index contributed by atoms with van der Waals surface area (Å²) in [4.78, 5) is 26.7. The third-order valence-corrected chi connectivity index (χ3v) is 3.85. The van der Waals surface area contributed by atoms with E-state index in [1.165, 1.54) is 18.2 Å². The van der Waals surface area contributed by atoms with Gasteiger partial charge in [-0.3, -0.25) is 9.59 Å². The normalized spacial score (nSPS) is 15.6. The lowest BCUT2D eigenvalue weighted by atomic mass is 9.97. The maximum atomic E-state index is 12.3. The van der Waals surface area contributed by atoms with E-state index in [9.17, 15) is 9.59 Å². The first-order valence-corrected chi connectivity index (χ1v) is 7.34. The highest BCUT2D eigenvalue weighted by Gasteiger charge is 2.28. The monoisotopic (exact) mass is 319 g/mol. The zero-order valence-corrected chi connectivity index (χ0v) is 12.7. The van der Waals surface area contributed by atoms with Gasteiger partial charge >= 0.3 is 5.97 Å². The number of piperidine rings is 1. The topological polar surface area (TPSA) is 103 Å². The number of likely N-dealkylation sites (tertiary alicyclic amines) is 1. The summed E-state index contributed by atoms with van der Waals surface area (Å²) >= 11 is 0. The van der Waals surface area contributed by atoms with Crippen LogP contribution in [-0.4, -0.2) is 57.2 Å². The Labute approximate surface area is 132 Å². The standard InChI is InChI=1S/C14H17N5O4/c1-22-14(21)10-4-6-18(7-5-10)12(20)9-19-16-13(15-17-19)11-3-2-8-23-11/h2-3,8,10H,4-7,9H2,1H3. The Balaban J connectivity index is 1.55. The lowest BCUT2D eigenvalue weighted by Gasteiger charge is -2.30. The Morgan fingerprint density at radius 2 is 2.17 bits per heavy atom. The molecule has 122 valence electrons. The Bertz CT molecular complexity index is 673. The molecule has 0 N–H and O–H groups in total. The SMILES string of the molecule is COC(=O)C1CCN(C(=O)Cn2nnc(-c3ccco3)n2)CC1. The molecule has 9 heteroatoms. The lowest BCUT2D eigenvalue weighted by molar-refractivity contribution is -0.149. The van der Waals surface area contributed by atoms with E-state index in [0.29, 0.717) is 37.5 Å². The molecule has 9 nitrogen and oxygen atoms in total. The quantitative estimate of drug-likeness (QED) is 0.749. The van der Waals surface area contributed by atoms with Gasteiger partial charge in [-0.1, -0.05) is 0 Å². The molecule has 0 bridgehead atoms. The molecule has 1 amide bonds. The molecule has 23 heavy (non-hydrogen) atoms. The minimum absolute atomic E-state index is 0.0105. The molecule has 3 rings (SSSR count). The van der Waals surface area contributed by atoms with Crippen LogP contribution in [0.2, 0.25) is 0 Å². The van der Waals surface area contributed by atoms with E-state index >= 15 is 0 Å². The summed E-state index contributed by atoms with van der Waals surface area (Å²) in [7, 11) is 1.38. The van der Waals surface area contributed by atoms with Crippen LogP contribution in [0.4, 0.5) is 0 Å². The molecule has 0 atom stereocenters. The van der Waals surface area contributed by atoms with E-state index in [-0.39, 0.29) is 24.3 Å². The smallest absolute Gasteiger partial charge is 0.308 e. The van der Waals surface area contributed by atoms with Crippen molar-refractivity contribution in [1.29, 1.82) is 0 Å². The summed E-state index contributed by atoms with van der Waals surface area (Å²) in [6.07, 6.45) is 2.74. The third-order valence-electron chi connectivity index (χ3n) is 3.85. The number of esters is 1. The molecular weight excluding hydrogens is 302 g/mol. The molecule has 0 saturated carbocycles. The Kier molecular flexibility index (Phi) is 4.35. The summed E-state index contributed by atoms with van der Waals surface area (Å²) < 4.78 is 9.92. The maximum Gasteiger partial charge on any atom is 0.308 e. The number of amides is 1. The third kappa shape index (κ3) is 3.38. The number of hydrogen-bond donors (Lipinski definition) is 0. The predicted octanol–water partition coefficient (Wildman–Crippen LogP) is 0.345. The maximum absolute atomic E-state index is 12.3. The highest BCUT2D eigenvalue weighted by atomic mass is 16.5. The van der Waals surface area contributed by atoms with Crippen molar-refractivity contribution in [3.05, 3.63) is 18.4 Å². The van der Waals surface area contributed by atoms with E-state index in [0.717, 1.165) is 0 Å². The van der Waals surface area contributed by atoms with Gasteiger partial charge in [-0.15, -0.1) is 10.2 Å². The molecule has 1 fully saturated rings. The van der Waals surface area contributed by atoms with Crippen LogP contribution in [0, 0.1) is 5.92 Å². The van der Waals surface area contributed by atoms with Gasteiger partial charge in [0.1, 0.15) is 6.54 Å². The van der Waals surface area contributed by atoms with Gasteiger partial charge in [-0.05, 0) is 30.2 Å². The number of carbonyl (C=O) groups excluding carboxylic acids is 2. The van der Waals surface area contributed by atoms with Crippen LogP contribution in [-0.2, 0) is 20.9 Å². The van der Waals surface area contributed by atoms with Crippen molar-refractivity contribution < 1.29 is 18.7 Å². The first-order valence-electron chi connectivity index (χ1n) is 7.34. The van der Waals surface area contributed by atoms with Crippen LogP contribution in [0.1, 0.15) is 12.8 Å². The number of tetrazole rings is 1. The molecule has 1 aliphatic rings. The van der Waals surface area contributed by atoms with Crippen molar-refractivity contribution in [2.45, 2.75) is 19.4 Å². The number of methoxy groups -OCH3 is 1. The van der Waals surface area contributed by atoms with E-state index in [1.54, 1.807) is 17.0 Å². The molecule has 0 unspecified atom stereocenters. The number of nitrogens with zero attached hydrogens (tertiary/aromatic N) is 5. The molecule has 3 heterocycles. The highest BCUT2D eigenvalue weighted by molar-refractivity contribution is 5.77. The largest absolute Gasteiger partial charge is 0.469 e. The minimum atomic E-state index is -0.210. The van der Waals surface area contributed by atoms with Gasteiger partial charge < -0.3 is 14.1 Å². The van der Waals surface area contributed by atoms with E-state index < -0.39 is 0 Å². The van der Waals surface area contributed by atoms with E-state index in [1.807, 2.05) is 0 Å². The van der Waals surface area contributed by atoms with Gasteiger partial charge in [-0.2, -0.15) is 4.80 Å². The van der Waals surface area contributed by atoms with Crippen molar-refractivity contribution in [2.75, 3.05) is 20.2 Å². The average Bonchev–Trinajstić information content (AvgIpc) is 3.25. The van der Waals surface area contributed by atoms with Gasteiger partial charge in [0.25, 0.3) is 0 Å².